The first kappa shape index (κ1) is 28.2. The summed E-state index contributed by atoms with van der Waals surface area (Å²) in [6.45, 7) is 4.46. The molecule has 2 heterocycles. The molecule has 0 unspecified atom stereocenters. The maximum absolute atomic E-state index is 12.8. The molecule has 3 aromatic rings. The first-order valence-corrected chi connectivity index (χ1v) is 12.5. The molecular formula is C27H33N5O6. The minimum atomic E-state index is -0.830. The van der Waals surface area contributed by atoms with Gasteiger partial charge in [-0.15, -0.1) is 0 Å². The van der Waals surface area contributed by atoms with E-state index in [-0.39, 0.29) is 36.8 Å². The van der Waals surface area contributed by atoms with Gasteiger partial charge in [-0.3, -0.25) is 9.69 Å². The number of aromatic nitrogens is 2. The number of benzene rings is 1. The zero-order valence-corrected chi connectivity index (χ0v) is 21.8. The molecule has 0 atom stereocenters. The van der Waals surface area contributed by atoms with E-state index in [1.165, 1.54) is 16.1 Å². The van der Waals surface area contributed by atoms with Crippen LogP contribution in [0.3, 0.4) is 0 Å². The fraction of sp³-hybridized carbons (Fsp3) is 0.370. The van der Waals surface area contributed by atoms with Gasteiger partial charge < -0.3 is 24.5 Å². The Balaban J connectivity index is 1.66. The molecule has 0 aliphatic carbocycles. The number of para-hydroxylation sites is 1. The number of nitrogens with one attached hydrogen (secondary N) is 1. The van der Waals surface area contributed by atoms with Crippen LogP contribution in [0.15, 0.2) is 53.3 Å². The van der Waals surface area contributed by atoms with E-state index in [1.54, 1.807) is 50.5 Å². The third kappa shape index (κ3) is 7.79. The monoisotopic (exact) mass is 523 g/mol. The number of oxazole rings is 1. The van der Waals surface area contributed by atoms with Crippen LogP contribution in [-0.2, 0) is 17.6 Å². The molecule has 0 bridgehead atoms. The standard InChI is InChI=1S/C27H33N5O6/c1-4-5-14-29-26(35)38-27(36)32(16-12-20-10-8-9-19(2)24(20)33)17-13-23-30-21(18-37-23)25(34)31(3)22-11-6-7-15-28-22/h6-11,15,18,33H,4-5,12-14,16-17H2,1-3H3,(H,29,35). The minimum Gasteiger partial charge on any atom is -0.507 e. The first-order valence-electron chi connectivity index (χ1n) is 12.5. The highest BCUT2D eigenvalue weighted by molar-refractivity contribution is 6.03. The summed E-state index contributed by atoms with van der Waals surface area (Å²) in [7, 11) is 1.59. The number of anilines is 1. The average molecular weight is 524 g/mol. The number of phenols is 1. The molecule has 11 heteroatoms. The van der Waals surface area contributed by atoms with Gasteiger partial charge >= 0.3 is 12.2 Å². The molecule has 202 valence electrons. The SMILES string of the molecule is CCCCNC(=O)OC(=O)N(CCc1nc(C(=O)N(C)c2ccccn2)co1)CCc1cccc(C)c1O. The summed E-state index contributed by atoms with van der Waals surface area (Å²) in [5, 5.41) is 12.9. The fourth-order valence-corrected chi connectivity index (χ4v) is 3.60. The van der Waals surface area contributed by atoms with Crippen molar-refractivity contribution >= 4 is 23.9 Å². The molecule has 0 spiro atoms. The van der Waals surface area contributed by atoms with Crippen LogP contribution in [0.1, 0.15) is 47.3 Å². The third-order valence-corrected chi connectivity index (χ3v) is 5.87. The molecular weight excluding hydrogens is 490 g/mol. The van der Waals surface area contributed by atoms with Crippen LogP contribution in [0.25, 0.3) is 0 Å². The summed E-state index contributed by atoms with van der Waals surface area (Å²) >= 11 is 0. The number of hydrogen-bond donors (Lipinski definition) is 2. The van der Waals surface area contributed by atoms with Crippen LogP contribution in [-0.4, -0.2) is 64.7 Å². The Morgan fingerprint density at radius 1 is 1.11 bits per heavy atom. The highest BCUT2D eigenvalue weighted by Gasteiger charge is 2.22. The van der Waals surface area contributed by atoms with E-state index in [1.807, 2.05) is 13.0 Å². The predicted molar refractivity (Wildman–Crippen MR) is 140 cm³/mol. The third-order valence-electron chi connectivity index (χ3n) is 5.87. The average Bonchev–Trinajstić information content (AvgIpc) is 3.39. The Labute approximate surface area is 221 Å². The summed E-state index contributed by atoms with van der Waals surface area (Å²) in [6, 6.07) is 10.6. The second-order valence-corrected chi connectivity index (χ2v) is 8.68. The fourth-order valence-electron chi connectivity index (χ4n) is 3.60. The molecule has 2 aromatic heterocycles. The molecule has 11 nitrogen and oxygen atoms in total. The van der Waals surface area contributed by atoms with E-state index in [4.69, 9.17) is 9.15 Å². The topological polar surface area (TPSA) is 138 Å². The van der Waals surface area contributed by atoms with Crippen molar-refractivity contribution in [2.45, 2.75) is 39.5 Å². The van der Waals surface area contributed by atoms with Crippen molar-refractivity contribution in [2.24, 2.45) is 0 Å². The number of nitrogens with zero attached hydrogens (tertiary/aromatic N) is 4. The van der Waals surface area contributed by atoms with Gasteiger partial charge in [-0.2, -0.15) is 0 Å². The molecule has 38 heavy (non-hydrogen) atoms. The van der Waals surface area contributed by atoms with E-state index in [2.05, 4.69) is 15.3 Å². The first-order chi connectivity index (χ1) is 18.3. The quantitative estimate of drug-likeness (QED) is 0.283. The summed E-state index contributed by atoms with van der Waals surface area (Å²) < 4.78 is 10.4. The van der Waals surface area contributed by atoms with Gasteiger partial charge in [0.1, 0.15) is 17.8 Å². The number of phenolic OH excluding ortho intramolecular Hbond substituents is 1. The van der Waals surface area contributed by atoms with Crippen molar-refractivity contribution in [3.8, 4) is 5.75 Å². The highest BCUT2D eigenvalue weighted by atomic mass is 16.6. The number of hydrogen-bond acceptors (Lipinski definition) is 8. The summed E-state index contributed by atoms with van der Waals surface area (Å²) in [5.74, 6) is 0.471. The molecule has 2 N–H and O–H groups in total. The van der Waals surface area contributed by atoms with Crippen LogP contribution in [0.2, 0.25) is 0 Å². The summed E-state index contributed by atoms with van der Waals surface area (Å²) in [5.41, 5.74) is 1.48. The van der Waals surface area contributed by atoms with Gasteiger partial charge in [0, 0.05) is 39.3 Å². The van der Waals surface area contributed by atoms with Crippen LogP contribution in [0, 0.1) is 6.92 Å². The highest BCUT2D eigenvalue weighted by Crippen LogP contribution is 2.22. The molecule has 0 radical (unpaired) electrons. The van der Waals surface area contributed by atoms with Gasteiger partial charge in [-0.1, -0.05) is 37.6 Å². The number of aromatic hydroxyl groups is 1. The lowest BCUT2D eigenvalue weighted by Gasteiger charge is -2.21. The number of aryl methyl sites for hydroxylation is 1. The van der Waals surface area contributed by atoms with E-state index in [9.17, 15) is 19.5 Å². The van der Waals surface area contributed by atoms with Gasteiger partial charge in [-0.25, -0.2) is 19.6 Å². The molecule has 0 aliphatic heterocycles. The molecule has 3 amide bonds. The lowest BCUT2D eigenvalue weighted by atomic mass is 10.1. The van der Waals surface area contributed by atoms with Crippen molar-refractivity contribution in [1.82, 2.24) is 20.2 Å². The van der Waals surface area contributed by atoms with Gasteiger partial charge in [0.05, 0.1) is 0 Å². The second-order valence-electron chi connectivity index (χ2n) is 8.68. The predicted octanol–water partition coefficient (Wildman–Crippen LogP) is 4.09. The largest absolute Gasteiger partial charge is 0.507 e. The zero-order valence-electron chi connectivity index (χ0n) is 21.8. The number of rotatable bonds is 11. The molecule has 0 fully saturated rings. The number of amides is 3. The van der Waals surface area contributed by atoms with E-state index in [0.29, 0.717) is 24.3 Å². The van der Waals surface area contributed by atoms with Gasteiger partial charge in [0.15, 0.2) is 11.6 Å². The molecule has 0 saturated heterocycles. The van der Waals surface area contributed by atoms with Crippen molar-refractivity contribution in [3.63, 3.8) is 0 Å². The Morgan fingerprint density at radius 3 is 2.63 bits per heavy atom. The van der Waals surface area contributed by atoms with Crippen LogP contribution in [0.4, 0.5) is 15.4 Å². The molecule has 0 aliphatic rings. The number of alkyl carbamates (subject to hydrolysis) is 1. The Hall–Kier alpha value is -4.41. The smallest absolute Gasteiger partial charge is 0.418 e. The maximum atomic E-state index is 12.8. The maximum Gasteiger partial charge on any atom is 0.418 e. The molecule has 0 saturated carbocycles. The number of pyridine rings is 1. The number of carbonyl (C=O) groups is 3. The van der Waals surface area contributed by atoms with Crippen molar-refractivity contribution in [1.29, 1.82) is 0 Å². The van der Waals surface area contributed by atoms with Crippen LogP contribution >= 0.6 is 0 Å². The lowest BCUT2D eigenvalue weighted by Crippen LogP contribution is -2.39. The van der Waals surface area contributed by atoms with Crippen molar-refractivity contribution in [3.05, 3.63) is 71.6 Å². The van der Waals surface area contributed by atoms with Crippen LogP contribution in [0.5, 0.6) is 5.75 Å². The lowest BCUT2D eigenvalue weighted by molar-refractivity contribution is 0.0986. The minimum absolute atomic E-state index is 0.0993. The second kappa shape index (κ2) is 13.8. The van der Waals surface area contributed by atoms with E-state index in [0.717, 1.165) is 18.4 Å². The van der Waals surface area contributed by atoms with Gasteiger partial charge in [0.2, 0.25) is 0 Å². The normalized spacial score (nSPS) is 10.6. The summed E-state index contributed by atoms with van der Waals surface area (Å²) in [6.07, 6.45) is 3.35. The Morgan fingerprint density at radius 2 is 1.89 bits per heavy atom. The van der Waals surface area contributed by atoms with Crippen LogP contribution < -0.4 is 10.2 Å². The Kier molecular flexibility index (Phi) is 10.2. The molecule has 3 rings (SSSR count). The van der Waals surface area contributed by atoms with Gasteiger partial charge in [0.25, 0.3) is 5.91 Å². The number of ether oxygens (including phenoxy) is 1. The van der Waals surface area contributed by atoms with E-state index >= 15 is 0 Å². The Bertz CT molecular complexity index is 1230. The molecule has 1 aromatic carbocycles. The number of unbranched alkanes of at least 4 members (excludes halogenated alkanes) is 1. The zero-order chi connectivity index (χ0) is 27.5. The van der Waals surface area contributed by atoms with E-state index < -0.39 is 18.1 Å². The van der Waals surface area contributed by atoms with Gasteiger partial charge in [-0.05, 0) is 43.0 Å². The van der Waals surface area contributed by atoms with Crippen molar-refractivity contribution in [2.75, 3.05) is 31.6 Å². The van der Waals surface area contributed by atoms with Crippen molar-refractivity contribution < 1.29 is 28.6 Å². The number of carbonyl (C=O) groups excluding carboxylic acids is 3. The summed E-state index contributed by atoms with van der Waals surface area (Å²) in [4.78, 5) is 48.7.